The lowest BCUT2D eigenvalue weighted by atomic mass is 10.4. The van der Waals surface area contributed by atoms with Gasteiger partial charge in [-0.25, -0.2) is 0 Å². The van der Waals surface area contributed by atoms with Crippen molar-refractivity contribution in [2.45, 2.75) is 6.42 Å². The monoisotopic (exact) mass is 176 g/mol. The molecule has 0 heterocycles. The average Bonchev–Trinajstić information content (AvgIpc) is 1.96. The predicted molar refractivity (Wildman–Crippen MR) is 54.4 cm³/mol. The molecular weight excluding hydrogens is 156 g/mol. The molecular formula is C8H20N2S. The lowest BCUT2D eigenvalue weighted by Crippen LogP contribution is -2.22. The zero-order valence-corrected chi connectivity index (χ0v) is 8.71. The third-order valence-electron chi connectivity index (χ3n) is 1.44. The molecule has 0 aromatic carbocycles. The Balaban J connectivity index is 2.80. The van der Waals surface area contributed by atoms with Crippen molar-refractivity contribution in [3.8, 4) is 0 Å². The van der Waals surface area contributed by atoms with Crippen molar-refractivity contribution < 1.29 is 0 Å². The van der Waals surface area contributed by atoms with Gasteiger partial charge in [0.15, 0.2) is 0 Å². The highest BCUT2D eigenvalue weighted by molar-refractivity contribution is 7.98. The first kappa shape index (κ1) is 11.3. The van der Waals surface area contributed by atoms with Gasteiger partial charge in [0.2, 0.25) is 0 Å². The van der Waals surface area contributed by atoms with Crippen molar-refractivity contribution in [2.75, 3.05) is 45.7 Å². The molecule has 68 valence electrons. The molecule has 2 nitrogen and oxygen atoms in total. The first-order chi connectivity index (χ1) is 5.27. The van der Waals surface area contributed by atoms with Crippen LogP contribution in [0.1, 0.15) is 6.42 Å². The van der Waals surface area contributed by atoms with E-state index in [0.717, 1.165) is 13.1 Å². The van der Waals surface area contributed by atoms with Gasteiger partial charge in [0.1, 0.15) is 0 Å². The number of hydrogen-bond donors (Lipinski definition) is 1. The SMILES string of the molecule is CSCCNCCCN(C)C. The molecule has 0 fully saturated rings. The van der Waals surface area contributed by atoms with E-state index in [1.54, 1.807) is 0 Å². The Hall–Kier alpha value is 0.270. The van der Waals surface area contributed by atoms with Crippen LogP contribution >= 0.6 is 11.8 Å². The van der Waals surface area contributed by atoms with Gasteiger partial charge in [-0.15, -0.1) is 0 Å². The van der Waals surface area contributed by atoms with E-state index in [0.29, 0.717) is 0 Å². The molecule has 0 aromatic rings. The molecule has 0 aromatic heterocycles. The lowest BCUT2D eigenvalue weighted by Gasteiger charge is -2.09. The van der Waals surface area contributed by atoms with Crippen LogP contribution in [0.2, 0.25) is 0 Å². The van der Waals surface area contributed by atoms with Crippen LogP contribution < -0.4 is 5.32 Å². The van der Waals surface area contributed by atoms with Crippen molar-refractivity contribution >= 4 is 11.8 Å². The smallest absolute Gasteiger partial charge is 0.00553 e. The second-order valence-electron chi connectivity index (χ2n) is 2.90. The molecule has 0 spiro atoms. The van der Waals surface area contributed by atoms with E-state index in [-0.39, 0.29) is 0 Å². The van der Waals surface area contributed by atoms with E-state index in [1.165, 1.54) is 18.7 Å². The van der Waals surface area contributed by atoms with Crippen LogP contribution in [0.3, 0.4) is 0 Å². The van der Waals surface area contributed by atoms with Crippen LogP contribution in [-0.2, 0) is 0 Å². The summed E-state index contributed by atoms with van der Waals surface area (Å²) in [5, 5.41) is 3.39. The van der Waals surface area contributed by atoms with Gasteiger partial charge in [0.25, 0.3) is 0 Å². The zero-order chi connectivity index (χ0) is 8.53. The topological polar surface area (TPSA) is 15.3 Å². The minimum absolute atomic E-state index is 1.15. The Bertz CT molecular complexity index is 76.5. The Kier molecular flexibility index (Phi) is 8.57. The van der Waals surface area contributed by atoms with Crippen LogP contribution in [0.15, 0.2) is 0 Å². The van der Waals surface area contributed by atoms with Crippen LogP contribution in [0.5, 0.6) is 0 Å². The van der Waals surface area contributed by atoms with E-state index in [9.17, 15) is 0 Å². The second-order valence-corrected chi connectivity index (χ2v) is 3.89. The maximum atomic E-state index is 3.39. The van der Waals surface area contributed by atoms with E-state index in [1.807, 2.05) is 11.8 Å². The summed E-state index contributed by atoms with van der Waals surface area (Å²) in [5.41, 5.74) is 0. The van der Waals surface area contributed by atoms with E-state index in [4.69, 9.17) is 0 Å². The molecule has 0 atom stereocenters. The summed E-state index contributed by atoms with van der Waals surface area (Å²) in [5.74, 6) is 1.22. The molecule has 0 rings (SSSR count). The summed E-state index contributed by atoms with van der Waals surface area (Å²) in [7, 11) is 4.23. The fourth-order valence-corrected chi connectivity index (χ4v) is 1.17. The molecule has 11 heavy (non-hydrogen) atoms. The van der Waals surface area contributed by atoms with Gasteiger partial charge in [0.05, 0.1) is 0 Å². The van der Waals surface area contributed by atoms with E-state index < -0.39 is 0 Å². The van der Waals surface area contributed by atoms with Crippen molar-refractivity contribution in [3.05, 3.63) is 0 Å². The van der Waals surface area contributed by atoms with Crippen LogP contribution in [0, 0.1) is 0 Å². The zero-order valence-electron chi connectivity index (χ0n) is 7.89. The molecule has 1 N–H and O–H groups in total. The molecule has 0 unspecified atom stereocenters. The van der Waals surface area contributed by atoms with Crippen molar-refractivity contribution in [1.29, 1.82) is 0 Å². The molecule has 0 aliphatic carbocycles. The fourth-order valence-electron chi connectivity index (χ4n) is 0.820. The van der Waals surface area contributed by atoms with Crippen molar-refractivity contribution in [1.82, 2.24) is 10.2 Å². The number of rotatable bonds is 7. The number of nitrogens with one attached hydrogen (secondary N) is 1. The normalized spacial score (nSPS) is 10.9. The maximum absolute atomic E-state index is 3.39. The Morgan fingerprint density at radius 3 is 2.55 bits per heavy atom. The molecule has 0 saturated heterocycles. The highest BCUT2D eigenvalue weighted by Crippen LogP contribution is 1.87. The van der Waals surface area contributed by atoms with Crippen LogP contribution in [0.25, 0.3) is 0 Å². The highest BCUT2D eigenvalue weighted by Gasteiger charge is 1.89. The lowest BCUT2D eigenvalue weighted by molar-refractivity contribution is 0.396. The Labute approximate surface area is 74.7 Å². The number of nitrogens with zero attached hydrogens (tertiary/aromatic N) is 1. The maximum Gasteiger partial charge on any atom is 0.00553 e. The summed E-state index contributed by atoms with van der Waals surface area (Å²) in [6.45, 7) is 3.49. The molecule has 0 saturated carbocycles. The Morgan fingerprint density at radius 1 is 1.27 bits per heavy atom. The van der Waals surface area contributed by atoms with Crippen molar-refractivity contribution in [3.63, 3.8) is 0 Å². The van der Waals surface area contributed by atoms with Gasteiger partial charge in [-0.2, -0.15) is 11.8 Å². The van der Waals surface area contributed by atoms with Gasteiger partial charge in [0, 0.05) is 12.3 Å². The highest BCUT2D eigenvalue weighted by atomic mass is 32.2. The van der Waals surface area contributed by atoms with E-state index >= 15 is 0 Å². The molecule has 0 bridgehead atoms. The predicted octanol–water partition coefficient (Wildman–Crippen LogP) is 0.891. The molecule has 0 amide bonds. The van der Waals surface area contributed by atoms with E-state index in [2.05, 4.69) is 30.6 Å². The Morgan fingerprint density at radius 2 is 2.00 bits per heavy atom. The van der Waals surface area contributed by atoms with Crippen molar-refractivity contribution in [2.24, 2.45) is 0 Å². The third kappa shape index (κ3) is 10.3. The van der Waals surface area contributed by atoms with Gasteiger partial charge >= 0.3 is 0 Å². The molecule has 0 aliphatic rings. The summed E-state index contributed by atoms with van der Waals surface area (Å²) >= 11 is 1.89. The van der Waals surface area contributed by atoms with Gasteiger partial charge in [-0.1, -0.05) is 0 Å². The summed E-state index contributed by atoms with van der Waals surface area (Å²) in [6.07, 6.45) is 3.39. The summed E-state index contributed by atoms with van der Waals surface area (Å²) < 4.78 is 0. The minimum atomic E-state index is 1.15. The minimum Gasteiger partial charge on any atom is -0.316 e. The largest absolute Gasteiger partial charge is 0.316 e. The van der Waals surface area contributed by atoms with Crippen LogP contribution in [-0.4, -0.2) is 50.6 Å². The average molecular weight is 176 g/mol. The first-order valence-corrected chi connectivity index (χ1v) is 5.51. The second kappa shape index (κ2) is 8.37. The van der Waals surface area contributed by atoms with Gasteiger partial charge in [-0.3, -0.25) is 0 Å². The van der Waals surface area contributed by atoms with Gasteiger partial charge < -0.3 is 10.2 Å². The first-order valence-electron chi connectivity index (χ1n) is 4.11. The number of hydrogen-bond acceptors (Lipinski definition) is 3. The summed E-state index contributed by atoms with van der Waals surface area (Å²) in [4.78, 5) is 2.22. The fraction of sp³-hybridized carbons (Fsp3) is 1.00. The standard InChI is InChI=1S/C8H20N2S/c1-10(2)7-4-5-9-6-8-11-3/h9H,4-8H2,1-3H3. The molecule has 0 radical (unpaired) electrons. The summed E-state index contributed by atoms with van der Waals surface area (Å²) in [6, 6.07) is 0. The quantitative estimate of drug-likeness (QED) is 0.580. The third-order valence-corrected chi connectivity index (χ3v) is 2.05. The number of thioether (sulfide) groups is 1. The van der Waals surface area contributed by atoms with Crippen LogP contribution in [0.4, 0.5) is 0 Å². The molecule has 0 aliphatic heterocycles. The van der Waals surface area contributed by atoms with Gasteiger partial charge in [-0.05, 0) is 39.9 Å². The molecule has 3 heteroatoms.